The first kappa shape index (κ1) is 18.5. The number of ether oxygens (including phenoxy) is 2. The lowest BCUT2D eigenvalue weighted by molar-refractivity contribution is -0.137. The van der Waals surface area contributed by atoms with Crippen molar-refractivity contribution in [2.45, 2.75) is 39.7 Å². The van der Waals surface area contributed by atoms with Gasteiger partial charge in [-0.15, -0.1) is 0 Å². The molecule has 126 valence electrons. The summed E-state index contributed by atoms with van der Waals surface area (Å²) in [6.45, 7) is 11.7. The predicted octanol–water partition coefficient (Wildman–Crippen LogP) is 2.05. The van der Waals surface area contributed by atoms with Crippen LogP contribution in [0.5, 0.6) is 0 Å². The minimum Gasteiger partial charge on any atom is -0.463 e. The molecule has 1 heterocycles. The number of piperazine rings is 1. The minimum absolute atomic E-state index is 0.241. The summed E-state index contributed by atoms with van der Waals surface area (Å²) in [5.41, 5.74) is -0.452. The van der Waals surface area contributed by atoms with E-state index in [4.69, 9.17) is 9.47 Å². The average Bonchev–Trinajstić information content (AvgIpc) is 2.43. The molecule has 0 aromatic rings. The normalized spacial score (nSPS) is 16.8. The highest BCUT2D eigenvalue weighted by molar-refractivity contribution is 5.81. The van der Waals surface area contributed by atoms with E-state index in [0.29, 0.717) is 19.7 Å². The van der Waals surface area contributed by atoms with Gasteiger partial charge in [-0.05, 0) is 34.1 Å². The number of nitrogens with zero attached hydrogens (tertiary/aromatic N) is 2. The van der Waals surface area contributed by atoms with E-state index in [1.807, 2.05) is 26.8 Å². The molecule has 0 radical (unpaired) electrons. The van der Waals surface area contributed by atoms with Gasteiger partial charge in [-0.2, -0.15) is 0 Å². The van der Waals surface area contributed by atoms with Crippen LogP contribution in [0.3, 0.4) is 0 Å². The van der Waals surface area contributed by atoms with Crippen LogP contribution in [-0.4, -0.2) is 66.8 Å². The van der Waals surface area contributed by atoms with Gasteiger partial charge in [0.05, 0.1) is 6.61 Å². The molecule has 0 unspecified atom stereocenters. The molecule has 0 N–H and O–H groups in total. The fourth-order valence-electron chi connectivity index (χ4n) is 2.11. The maximum atomic E-state index is 11.9. The Hall–Kier alpha value is -1.56. The van der Waals surface area contributed by atoms with E-state index >= 15 is 0 Å². The van der Waals surface area contributed by atoms with Crippen molar-refractivity contribution in [2.24, 2.45) is 0 Å². The van der Waals surface area contributed by atoms with Crippen LogP contribution in [0.1, 0.15) is 34.1 Å². The number of amides is 1. The monoisotopic (exact) mass is 312 g/mol. The van der Waals surface area contributed by atoms with Crippen molar-refractivity contribution >= 4 is 12.1 Å². The molecule has 6 nitrogen and oxygen atoms in total. The van der Waals surface area contributed by atoms with Crippen LogP contribution in [0.2, 0.25) is 0 Å². The van der Waals surface area contributed by atoms with Crippen molar-refractivity contribution in [3.8, 4) is 0 Å². The van der Waals surface area contributed by atoms with Crippen molar-refractivity contribution in [3.05, 3.63) is 12.2 Å². The lowest BCUT2D eigenvalue weighted by Crippen LogP contribution is -2.50. The summed E-state index contributed by atoms with van der Waals surface area (Å²) in [6, 6.07) is 0. The second kappa shape index (κ2) is 8.78. The molecule has 0 spiro atoms. The third kappa shape index (κ3) is 7.45. The van der Waals surface area contributed by atoms with E-state index in [0.717, 1.165) is 26.1 Å². The van der Waals surface area contributed by atoms with Crippen LogP contribution in [-0.2, 0) is 14.3 Å². The SMILES string of the molecule is CCOC(=O)C=CCCN1CCN(C(=O)OC(C)(C)C)CC1. The Morgan fingerprint density at radius 3 is 2.32 bits per heavy atom. The topological polar surface area (TPSA) is 59.1 Å². The smallest absolute Gasteiger partial charge is 0.410 e. The summed E-state index contributed by atoms with van der Waals surface area (Å²) in [4.78, 5) is 27.1. The number of rotatable bonds is 5. The van der Waals surface area contributed by atoms with Crippen molar-refractivity contribution in [2.75, 3.05) is 39.3 Å². The Morgan fingerprint density at radius 1 is 1.14 bits per heavy atom. The maximum absolute atomic E-state index is 11.9. The zero-order chi connectivity index (χ0) is 16.6. The van der Waals surface area contributed by atoms with Crippen molar-refractivity contribution in [1.29, 1.82) is 0 Å². The Bertz CT molecular complexity index is 393. The van der Waals surface area contributed by atoms with Crippen LogP contribution in [0.4, 0.5) is 4.79 Å². The van der Waals surface area contributed by atoms with E-state index in [9.17, 15) is 9.59 Å². The highest BCUT2D eigenvalue weighted by Crippen LogP contribution is 2.12. The molecule has 1 fully saturated rings. The third-order valence-electron chi connectivity index (χ3n) is 3.18. The average molecular weight is 312 g/mol. The quantitative estimate of drug-likeness (QED) is 0.574. The molecule has 0 saturated carbocycles. The molecule has 0 aromatic carbocycles. The van der Waals surface area contributed by atoms with E-state index in [2.05, 4.69) is 4.90 Å². The molecule has 1 amide bonds. The zero-order valence-electron chi connectivity index (χ0n) is 14.1. The van der Waals surface area contributed by atoms with Crippen LogP contribution >= 0.6 is 0 Å². The van der Waals surface area contributed by atoms with Gasteiger partial charge in [0, 0.05) is 38.8 Å². The summed E-state index contributed by atoms with van der Waals surface area (Å²) in [5, 5.41) is 0. The molecule has 6 heteroatoms. The second-order valence-corrected chi connectivity index (χ2v) is 6.25. The lowest BCUT2D eigenvalue weighted by atomic mass is 10.2. The van der Waals surface area contributed by atoms with Gasteiger partial charge in [0.25, 0.3) is 0 Å². The number of carbonyl (C=O) groups is 2. The van der Waals surface area contributed by atoms with Gasteiger partial charge in [-0.25, -0.2) is 9.59 Å². The van der Waals surface area contributed by atoms with E-state index in [1.165, 1.54) is 6.08 Å². The number of hydrogen-bond donors (Lipinski definition) is 0. The molecule has 0 aliphatic carbocycles. The van der Waals surface area contributed by atoms with Gasteiger partial charge >= 0.3 is 12.1 Å². The van der Waals surface area contributed by atoms with E-state index in [-0.39, 0.29) is 12.1 Å². The zero-order valence-corrected chi connectivity index (χ0v) is 14.1. The van der Waals surface area contributed by atoms with Crippen LogP contribution in [0.25, 0.3) is 0 Å². The molecule has 1 rings (SSSR count). The molecule has 0 atom stereocenters. The molecule has 1 aliphatic heterocycles. The molecular formula is C16H28N2O4. The molecular weight excluding hydrogens is 284 g/mol. The summed E-state index contributed by atoms with van der Waals surface area (Å²) in [6.07, 6.45) is 3.86. The third-order valence-corrected chi connectivity index (χ3v) is 3.18. The van der Waals surface area contributed by atoms with E-state index in [1.54, 1.807) is 11.8 Å². The van der Waals surface area contributed by atoms with Gasteiger partial charge < -0.3 is 14.4 Å². The summed E-state index contributed by atoms with van der Waals surface area (Å²) < 4.78 is 10.2. The second-order valence-electron chi connectivity index (χ2n) is 6.25. The lowest BCUT2D eigenvalue weighted by Gasteiger charge is -2.35. The number of carbonyl (C=O) groups excluding carboxylic acids is 2. The maximum Gasteiger partial charge on any atom is 0.410 e. The summed E-state index contributed by atoms with van der Waals surface area (Å²) >= 11 is 0. The predicted molar refractivity (Wildman–Crippen MR) is 84.6 cm³/mol. The van der Waals surface area contributed by atoms with Gasteiger partial charge in [0.1, 0.15) is 5.60 Å². The van der Waals surface area contributed by atoms with Crippen molar-refractivity contribution in [1.82, 2.24) is 9.80 Å². The van der Waals surface area contributed by atoms with E-state index < -0.39 is 5.60 Å². The standard InChI is InChI=1S/C16H28N2O4/c1-5-21-14(19)8-6-7-9-17-10-12-18(13-11-17)15(20)22-16(2,3)4/h6,8H,5,7,9-13H2,1-4H3. The summed E-state index contributed by atoms with van der Waals surface area (Å²) in [7, 11) is 0. The van der Waals surface area contributed by atoms with Gasteiger partial charge in [0.2, 0.25) is 0 Å². The highest BCUT2D eigenvalue weighted by atomic mass is 16.6. The van der Waals surface area contributed by atoms with Gasteiger partial charge in [-0.1, -0.05) is 6.08 Å². The van der Waals surface area contributed by atoms with Crippen molar-refractivity contribution in [3.63, 3.8) is 0 Å². The van der Waals surface area contributed by atoms with Crippen molar-refractivity contribution < 1.29 is 19.1 Å². The first-order valence-electron chi connectivity index (χ1n) is 7.85. The fourth-order valence-corrected chi connectivity index (χ4v) is 2.11. The van der Waals surface area contributed by atoms with Crippen LogP contribution in [0.15, 0.2) is 12.2 Å². The van der Waals surface area contributed by atoms with Crippen LogP contribution < -0.4 is 0 Å². The first-order chi connectivity index (χ1) is 10.3. The Morgan fingerprint density at radius 2 is 1.77 bits per heavy atom. The molecule has 1 aliphatic rings. The first-order valence-corrected chi connectivity index (χ1v) is 7.85. The largest absolute Gasteiger partial charge is 0.463 e. The summed E-state index contributed by atoms with van der Waals surface area (Å²) in [5.74, 6) is -0.294. The number of hydrogen-bond acceptors (Lipinski definition) is 5. The van der Waals surface area contributed by atoms with Crippen LogP contribution in [0, 0.1) is 0 Å². The minimum atomic E-state index is -0.452. The Labute approximate surface area is 133 Å². The fraction of sp³-hybridized carbons (Fsp3) is 0.750. The van der Waals surface area contributed by atoms with Gasteiger partial charge in [0.15, 0.2) is 0 Å². The Balaban J connectivity index is 2.23. The molecule has 22 heavy (non-hydrogen) atoms. The number of esters is 1. The Kier molecular flexibility index (Phi) is 7.38. The van der Waals surface area contributed by atoms with Gasteiger partial charge in [-0.3, -0.25) is 4.90 Å². The molecule has 0 aromatic heterocycles. The highest BCUT2D eigenvalue weighted by Gasteiger charge is 2.25. The molecule has 0 bridgehead atoms. The molecule has 1 saturated heterocycles.